The van der Waals surface area contributed by atoms with Gasteiger partial charge >= 0.3 is 0 Å². The molecule has 2 aliphatic carbocycles. The zero-order chi connectivity index (χ0) is 6.48. The molecule has 0 amide bonds. The largest absolute Gasteiger partial charge is 0.299 e. The molecule has 0 bridgehead atoms. The van der Waals surface area contributed by atoms with Crippen LogP contribution in [0, 0.1) is 11.3 Å². The highest BCUT2D eigenvalue weighted by Crippen LogP contribution is 2.51. The molecular weight excluding hydrogens is 112 g/mol. The van der Waals surface area contributed by atoms with Crippen LogP contribution in [-0.4, -0.2) is 5.78 Å². The topological polar surface area (TPSA) is 17.1 Å². The second kappa shape index (κ2) is 1.39. The van der Waals surface area contributed by atoms with Crippen molar-refractivity contribution in [3.63, 3.8) is 0 Å². The highest BCUT2D eigenvalue weighted by Gasteiger charge is 2.49. The zero-order valence-corrected chi connectivity index (χ0v) is 5.81. The van der Waals surface area contributed by atoms with Gasteiger partial charge in [0.2, 0.25) is 0 Å². The Kier molecular flexibility index (Phi) is 0.842. The summed E-state index contributed by atoms with van der Waals surface area (Å²) in [6.45, 7) is 2.10. The third kappa shape index (κ3) is 0.790. The average Bonchev–Trinajstić information content (AvgIpc) is 2.54. The van der Waals surface area contributed by atoms with Crippen LogP contribution >= 0.6 is 0 Å². The van der Waals surface area contributed by atoms with Gasteiger partial charge in [0.1, 0.15) is 5.78 Å². The first-order valence-corrected chi connectivity index (χ1v) is 3.77. The first-order chi connectivity index (χ1) is 4.22. The summed E-state index contributed by atoms with van der Waals surface area (Å²) in [7, 11) is 0. The van der Waals surface area contributed by atoms with E-state index in [2.05, 4.69) is 6.92 Å². The van der Waals surface area contributed by atoms with Crippen molar-refractivity contribution in [2.45, 2.75) is 32.6 Å². The van der Waals surface area contributed by atoms with E-state index in [0.717, 1.165) is 12.8 Å². The monoisotopic (exact) mass is 124 g/mol. The van der Waals surface area contributed by atoms with Crippen molar-refractivity contribution in [1.82, 2.24) is 0 Å². The highest BCUT2D eigenvalue weighted by atomic mass is 16.1. The van der Waals surface area contributed by atoms with Crippen LogP contribution in [0.2, 0.25) is 0 Å². The Bertz CT molecular complexity index is 152. The molecule has 50 valence electrons. The lowest BCUT2D eigenvalue weighted by Crippen LogP contribution is -2.12. The third-order valence-electron chi connectivity index (χ3n) is 2.54. The molecule has 0 heterocycles. The number of ketones is 1. The molecule has 0 atom stereocenters. The van der Waals surface area contributed by atoms with Gasteiger partial charge in [0, 0.05) is 11.3 Å². The van der Waals surface area contributed by atoms with Crippen LogP contribution in [0.25, 0.3) is 0 Å². The van der Waals surface area contributed by atoms with Crippen LogP contribution < -0.4 is 0 Å². The van der Waals surface area contributed by atoms with Gasteiger partial charge in [-0.3, -0.25) is 4.79 Å². The predicted molar refractivity (Wildman–Crippen MR) is 35.1 cm³/mol. The van der Waals surface area contributed by atoms with E-state index in [-0.39, 0.29) is 5.41 Å². The Morgan fingerprint density at radius 1 is 1.44 bits per heavy atom. The Hall–Kier alpha value is -0.330. The maximum atomic E-state index is 11.3. The molecule has 1 heteroatoms. The van der Waals surface area contributed by atoms with Crippen molar-refractivity contribution in [3.05, 3.63) is 0 Å². The molecule has 0 aromatic heterocycles. The first kappa shape index (κ1) is 5.45. The molecule has 9 heavy (non-hydrogen) atoms. The summed E-state index contributed by atoms with van der Waals surface area (Å²) in [5.41, 5.74) is 0.154. The smallest absolute Gasteiger partial charge is 0.141 e. The molecule has 0 aliphatic heterocycles. The summed E-state index contributed by atoms with van der Waals surface area (Å²) >= 11 is 0. The van der Waals surface area contributed by atoms with Gasteiger partial charge in [0.15, 0.2) is 0 Å². The van der Waals surface area contributed by atoms with Crippen molar-refractivity contribution in [3.8, 4) is 0 Å². The van der Waals surface area contributed by atoms with E-state index in [1.165, 1.54) is 12.8 Å². The molecule has 0 radical (unpaired) electrons. The number of carbonyl (C=O) groups is 1. The molecule has 0 aromatic carbocycles. The molecule has 0 aromatic rings. The molecule has 2 aliphatic rings. The van der Waals surface area contributed by atoms with Crippen molar-refractivity contribution < 1.29 is 4.79 Å². The highest BCUT2D eigenvalue weighted by molar-refractivity contribution is 5.90. The van der Waals surface area contributed by atoms with Crippen molar-refractivity contribution in [1.29, 1.82) is 0 Å². The fraction of sp³-hybridized carbons (Fsp3) is 0.875. The summed E-state index contributed by atoms with van der Waals surface area (Å²) < 4.78 is 0. The average molecular weight is 124 g/mol. The van der Waals surface area contributed by atoms with E-state index in [1.54, 1.807) is 0 Å². The fourth-order valence-corrected chi connectivity index (χ4v) is 1.27. The van der Waals surface area contributed by atoms with E-state index >= 15 is 0 Å². The molecule has 2 rings (SSSR count). The molecule has 0 N–H and O–H groups in total. The molecule has 2 saturated carbocycles. The Morgan fingerprint density at radius 2 is 2.00 bits per heavy atom. The second-order valence-electron chi connectivity index (χ2n) is 3.70. The van der Waals surface area contributed by atoms with Crippen LogP contribution in [-0.2, 0) is 4.79 Å². The van der Waals surface area contributed by atoms with E-state index in [1.807, 2.05) is 0 Å². The van der Waals surface area contributed by atoms with Crippen molar-refractivity contribution in [2.24, 2.45) is 11.3 Å². The number of rotatable bonds is 2. The van der Waals surface area contributed by atoms with Crippen LogP contribution in [0.5, 0.6) is 0 Å². The minimum Gasteiger partial charge on any atom is -0.299 e. The Morgan fingerprint density at radius 3 is 2.33 bits per heavy atom. The molecule has 2 fully saturated rings. The Labute approximate surface area is 55.4 Å². The summed E-state index contributed by atoms with van der Waals surface area (Å²) in [4.78, 5) is 11.3. The lowest BCUT2D eigenvalue weighted by Gasteiger charge is -2.02. The lowest BCUT2D eigenvalue weighted by molar-refractivity contribution is -0.124. The van der Waals surface area contributed by atoms with E-state index in [9.17, 15) is 4.79 Å². The minimum atomic E-state index is 0.154. The van der Waals surface area contributed by atoms with Crippen LogP contribution in [0.3, 0.4) is 0 Å². The van der Waals surface area contributed by atoms with Crippen LogP contribution in [0.4, 0.5) is 0 Å². The van der Waals surface area contributed by atoms with Crippen LogP contribution in [0.1, 0.15) is 32.6 Å². The zero-order valence-electron chi connectivity index (χ0n) is 5.81. The lowest BCUT2D eigenvalue weighted by atomic mass is 10.0. The van der Waals surface area contributed by atoms with Gasteiger partial charge in [-0.25, -0.2) is 0 Å². The second-order valence-corrected chi connectivity index (χ2v) is 3.70. The van der Waals surface area contributed by atoms with Gasteiger partial charge in [-0.05, 0) is 25.7 Å². The molecule has 0 saturated heterocycles. The number of carbonyl (C=O) groups excluding carboxylic acids is 1. The number of hydrogen-bond acceptors (Lipinski definition) is 1. The maximum Gasteiger partial charge on any atom is 0.141 e. The molecule has 0 unspecified atom stereocenters. The van der Waals surface area contributed by atoms with Gasteiger partial charge < -0.3 is 0 Å². The third-order valence-corrected chi connectivity index (χ3v) is 2.54. The molecule has 1 nitrogen and oxygen atoms in total. The normalized spacial score (nSPS) is 29.9. The summed E-state index contributed by atoms with van der Waals surface area (Å²) in [6.07, 6.45) is 4.66. The van der Waals surface area contributed by atoms with Gasteiger partial charge in [0.25, 0.3) is 0 Å². The standard InChI is InChI=1S/C8H12O/c1-8(4-5-8)7(9)6-2-3-6/h6H,2-5H2,1H3. The van der Waals surface area contributed by atoms with E-state index in [4.69, 9.17) is 0 Å². The molecule has 0 spiro atoms. The summed E-state index contributed by atoms with van der Waals surface area (Å²) in [5.74, 6) is 1.04. The SMILES string of the molecule is CC1(C(=O)C2CC2)CC1. The van der Waals surface area contributed by atoms with E-state index in [0.29, 0.717) is 11.7 Å². The quantitative estimate of drug-likeness (QED) is 0.548. The fourth-order valence-electron chi connectivity index (χ4n) is 1.27. The van der Waals surface area contributed by atoms with Gasteiger partial charge in [-0.15, -0.1) is 0 Å². The molecular formula is C8H12O. The van der Waals surface area contributed by atoms with E-state index < -0.39 is 0 Å². The van der Waals surface area contributed by atoms with Crippen molar-refractivity contribution in [2.75, 3.05) is 0 Å². The van der Waals surface area contributed by atoms with Gasteiger partial charge in [-0.1, -0.05) is 6.92 Å². The first-order valence-electron chi connectivity index (χ1n) is 3.77. The predicted octanol–water partition coefficient (Wildman–Crippen LogP) is 1.77. The summed E-state index contributed by atoms with van der Waals surface area (Å²) in [6, 6.07) is 0. The number of hydrogen-bond donors (Lipinski definition) is 0. The van der Waals surface area contributed by atoms with Crippen LogP contribution in [0.15, 0.2) is 0 Å². The summed E-state index contributed by atoms with van der Waals surface area (Å²) in [5, 5.41) is 0. The minimum absolute atomic E-state index is 0.154. The van der Waals surface area contributed by atoms with Gasteiger partial charge in [-0.2, -0.15) is 0 Å². The maximum absolute atomic E-state index is 11.3. The van der Waals surface area contributed by atoms with Crippen molar-refractivity contribution >= 4 is 5.78 Å². The van der Waals surface area contributed by atoms with Gasteiger partial charge in [0.05, 0.1) is 0 Å². The number of Topliss-reactive ketones (excluding diaryl/α,β-unsaturated/α-hetero) is 1. The Balaban J connectivity index is 2.03.